The Labute approximate surface area is 199 Å². The average Bonchev–Trinajstić information content (AvgIpc) is 3.29. The van der Waals surface area contributed by atoms with Gasteiger partial charge in [0.1, 0.15) is 35.4 Å². The second kappa shape index (κ2) is 9.15. The van der Waals surface area contributed by atoms with E-state index in [1.807, 2.05) is 60.7 Å². The fourth-order valence-corrected chi connectivity index (χ4v) is 4.24. The fraction of sp³-hybridized carbons (Fsp3) is 0.200. The molecule has 8 heteroatoms. The van der Waals surface area contributed by atoms with Crippen LogP contribution in [0, 0.1) is 0 Å². The van der Waals surface area contributed by atoms with Gasteiger partial charge in [-0.3, -0.25) is 0 Å². The van der Waals surface area contributed by atoms with E-state index in [-0.39, 0.29) is 6.04 Å². The van der Waals surface area contributed by atoms with E-state index in [1.165, 1.54) is 0 Å². The monoisotopic (exact) mass is 507 g/mol. The van der Waals surface area contributed by atoms with Gasteiger partial charge in [-0.15, -0.1) is 0 Å². The lowest BCUT2D eigenvalue weighted by Gasteiger charge is -2.35. The Morgan fingerprint density at radius 3 is 2.61 bits per heavy atom. The molecule has 0 N–H and O–H groups in total. The molecule has 0 saturated carbocycles. The third kappa shape index (κ3) is 4.26. The van der Waals surface area contributed by atoms with Crippen LogP contribution in [-0.4, -0.2) is 36.5 Å². The van der Waals surface area contributed by atoms with Crippen molar-refractivity contribution in [1.29, 1.82) is 0 Å². The van der Waals surface area contributed by atoms with Gasteiger partial charge in [0, 0.05) is 11.9 Å². The van der Waals surface area contributed by atoms with Crippen molar-refractivity contribution in [3.05, 3.63) is 88.2 Å². The summed E-state index contributed by atoms with van der Waals surface area (Å²) in [5.74, 6) is 2.70. The van der Waals surface area contributed by atoms with Gasteiger partial charge in [-0.05, 0) is 57.9 Å². The molecule has 2 aromatic heterocycles. The molecule has 0 fully saturated rings. The highest BCUT2D eigenvalue weighted by atomic mass is 79.9. The van der Waals surface area contributed by atoms with Crippen molar-refractivity contribution in [2.45, 2.75) is 12.6 Å². The first-order valence-electron chi connectivity index (χ1n) is 10.4. The normalized spacial score (nSPS) is 15.8. The number of fused-ring (bicyclic) bond motifs is 1. The molecule has 0 aliphatic carbocycles. The van der Waals surface area contributed by atoms with Crippen molar-refractivity contribution in [2.75, 3.05) is 20.8 Å². The molecule has 1 aliphatic rings. The number of oxime groups is 1. The lowest BCUT2D eigenvalue weighted by Crippen LogP contribution is -2.40. The highest BCUT2D eigenvalue weighted by molar-refractivity contribution is 9.10. The van der Waals surface area contributed by atoms with Crippen LogP contribution in [0.4, 0.5) is 0 Å². The van der Waals surface area contributed by atoms with Crippen LogP contribution >= 0.6 is 15.9 Å². The number of ether oxygens (including phenoxy) is 2. The van der Waals surface area contributed by atoms with Crippen molar-refractivity contribution in [1.82, 2.24) is 9.88 Å². The summed E-state index contributed by atoms with van der Waals surface area (Å²) < 4.78 is 17.7. The minimum atomic E-state index is -0.191. The number of methoxy groups -OCH3 is 2. The summed E-state index contributed by atoms with van der Waals surface area (Å²) in [5, 5.41) is 5.43. The van der Waals surface area contributed by atoms with Crippen molar-refractivity contribution in [3.63, 3.8) is 0 Å². The Kier molecular flexibility index (Phi) is 5.92. The number of hydrogen-bond donors (Lipinski definition) is 0. The molecule has 2 aromatic carbocycles. The van der Waals surface area contributed by atoms with Gasteiger partial charge in [0.2, 0.25) is 5.88 Å². The SMILES string of the molecule is COc1ccc(CN2C(c3ccc(Br)c(OC)n3)=NOC[C@@H]2c2cc3ccccc3o2)cc1. The van der Waals surface area contributed by atoms with Gasteiger partial charge in [-0.25, -0.2) is 4.98 Å². The number of amidine groups is 1. The third-order valence-corrected chi connectivity index (χ3v) is 6.16. The summed E-state index contributed by atoms with van der Waals surface area (Å²) >= 11 is 3.47. The lowest BCUT2D eigenvalue weighted by atomic mass is 10.1. The van der Waals surface area contributed by atoms with Gasteiger partial charge in [-0.2, -0.15) is 0 Å². The maximum absolute atomic E-state index is 6.21. The predicted octanol–water partition coefficient (Wildman–Crippen LogP) is 5.54. The highest BCUT2D eigenvalue weighted by Gasteiger charge is 2.33. The molecule has 1 atom stereocenters. The summed E-state index contributed by atoms with van der Waals surface area (Å²) in [7, 11) is 3.24. The molecule has 0 radical (unpaired) electrons. The maximum atomic E-state index is 6.21. The smallest absolute Gasteiger partial charge is 0.228 e. The zero-order chi connectivity index (χ0) is 22.8. The van der Waals surface area contributed by atoms with Crippen molar-refractivity contribution in [2.24, 2.45) is 5.16 Å². The summed E-state index contributed by atoms with van der Waals surface area (Å²) in [6.45, 7) is 0.932. The molecule has 0 bridgehead atoms. The van der Waals surface area contributed by atoms with Crippen molar-refractivity contribution < 1.29 is 18.7 Å². The fourth-order valence-electron chi connectivity index (χ4n) is 3.86. The number of furan rings is 1. The molecular weight excluding hydrogens is 486 g/mol. The molecule has 0 spiro atoms. The van der Waals surface area contributed by atoms with E-state index in [4.69, 9.17) is 18.7 Å². The number of pyridine rings is 1. The van der Waals surface area contributed by atoms with Crippen molar-refractivity contribution in [3.8, 4) is 11.6 Å². The van der Waals surface area contributed by atoms with Gasteiger partial charge in [0.25, 0.3) is 0 Å². The Bertz CT molecular complexity index is 1270. The van der Waals surface area contributed by atoms with E-state index >= 15 is 0 Å². The minimum absolute atomic E-state index is 0.191. The van der Waals surface area contributed by atoms with Gasteiger partial charge < -0.3 is 23.6 Å². The molecule has 1 aliphatic heterocycles. The first-order chi connectivity index (χ1) is 16.2. The van der Waals surface area contributed by atoms with E-state index < -0.39 is 0 Å². The van der Waals surface area contributed by atoms with Crippen LogP contribution < -0.4 is 9.47 Å². The third-order valence-electron chi connectivity index (χ3n) is 5.55. The van der Waals surface area contributed by atoms with Gasteiger partial charge in [-0.1, -0.05) is 35.5 Å². The van der Waals surface area contributed by atoms with Crippen LogP contribution in [0.25, 0.3) is 11.0 Å². The molecule has 168 valence electrons. The molecule has 0 unspecified atom stereocenters. The van der Waals surface area contributed by atoms with Crippen LogP contribution in [0.15, 0.2) is 80.8 Å². The van der Waals surface area contributed by atoms with Crippen LogP contribution in [-0.2, 0) is 11.4 Å². The van der Waals surface area contributed by atoms with Gasteiger partial charge in [0.15, 0.2) is 5.84 Å². The molecule has 0 saturated heterocycles. The van der Waals surface area contributed by atoms with E-state index in [9.17, 15) is 0 Å². The Morgan fingerprint density at radius 2 is 1.85 bits per heavy atom. The molecule has 7 nitrogen and oxygen atoms in total. The number of aromatic nitrogens is 1. The minimum Gasteiger partial charge on any atom is -0.497 e. The molecule has 0 amide bonds. The Hall–Kier alpha value is -3.52. The van der Waals surface area contributed by atoms with Gasteiger partial charge >= 0.3 is 0 Å². The molecule has 33 heavy (non-hydrogen) atoms. The van der Waals surface area contributed by atoms with E-state index in [0.29, 0.717) is 30.6 Å². The second-order valence-electron chi connectivity index (χ2n) is 7.58. The Balaban J connectivity index is 1.56. The molecule has 4 aromatic rings. The number of rotatable bonds is 6. The van der Waals surface area contributed by atoms with Crippen LogP contribution in [0.1, 0.15) is 23.1 Å². The van der Waals surface area contributed by atoms with E-state index in [1.54, 1.807) is 14.2 Å². The standard InChI is InChI=1S/C25H22BrN3O4/c1-30-18-9-7-16(8-10-18)14-29-21(23-13-17-5-3-4-6-22(17)33-23)15-32-28-24(29)20-12-11-19(26)25(27-20)31-2/h3-13,21H,14-15H2,1-2H3/t21-/m1/s1. The van der Waals surface area contributed by atoms with Crippen LogP contribution in [0.2, 0.25) is 0 Å². The largest absolute Gasteiger partial charge is 0.497 e. The predicted molar refractivity (Wildman–Crippen MR) is 128 cm³/mol. The quantitative estimate of drug-likeness (QED) is 0.341. The lowest BCUT2D eigenvalue weighted by molar-refractivity contribution is 0.0500. The van der Waals surface area contributed by atoms with Crippen LogP contribution in [0.3, 0.4) is 0 Å². The average molecular weight is 508 g/mol. The maximum Gasteiger partial charge on any atom is 0.228 e. The van der Waals surface area contributed by atoms with Gasteiger partial charge in [0.05, 0.1) is 18.7 Å². The van der Waals surface area contributed by atoms with E-state index in [0.717, 1.165) is 32.5 Å². The number of benzene rings is 2. The van der Waals surface area contributed by atoms with E-state index in [2.05, 4.69) is 37.0 Å². The zero-order valence-corrected chi connectivity index (χ0v) is 19.8. The molecular formula is C25H22BrN3O4. The highest BCUT2D eigenvalue weighted by Crippen LogP contribution is 2.33. The topological polar surface area (TPSA) is 69.3 Å². The zero-order valence-electron chi connectivity index (χ0n) is 18.2. The summed E-state index contributed by atoms with van der Waals surface area (Å²) in [6, 6.07) is 21.6. The summed E-state index contributed by atoms with van der Waals surface area (Å²) in [4.78, 5) is 12.5. The second-order valence-corrected chi connectivity index (χ2v) is 8.43. The van der Waals surface area contributed by atoms with Crippen LogP contribution in [0.5, 0.6) is 11.6 Å². The van der Waals surface area contributed by atoms with Crippen molar-refractivity contribution >= 4 is 32.7 Å². The summed E-state index contributed by atoms with van der Waals surface area (Å²) in [5.41, 5.74) is 2.57. The first kappa shape index (κ1) is 21.3. The number of para-hydroxylation sites is 1. The molecule has 5 rings (SSSR count). The summed E-state index contributed by atoms with van der Waals surface area (Å²) in [6.07, 6.45) is 0. The first-order valence-corrected chi connectivity index (χ1v) is 11.2. The number of nitrogens with zero attached hydrogens (tertiary/aromatic N) is 3. The number of hydrogen-bond acceptors (Lipinski definition) is 7. The molecule has 3 heterocycles. The Morgan fingerprint density at radius 1 is 1.03 bits per heavy atom. The number of halogens is 1.